The molecule has 17 nitrogen and oxygen atoms in total. The van der Waals surface area contributed by atoms with Crippen molar-refractivity contribution in [2.45, 2.75) is 44.3 Å². The van der Waals surface area contributed by atoms with E-state index in [2.05, 4.69) is 10.6 Å². The number of amides is 2. The van der Waals surface area contributed by atoms with Crippen LogP contribution in [-0.2, 0) is 43.0 Å². The summed E-state index contributed by atoms with van der Waals surface area (Å²) in [6.07, 6.45) is 5.01. The molecule has 5 rings (SSSR count). The largest absolute Gasteiger partial charge is 0.617 e. The van der Waals surface area contributed by atoms with Gasteiger partial charge in [-0.2, -0.15) is 11.8 Å². The molecule has 5 fully saturated rings. The van der Waals surface area contributed by atoms with E-state index < -0.39 is 41.9 Å². The maximum atomic E-state index is 13.8. The van der Waals surface area contributed by atoms with Gasteiger partial charge in [-0.3, -0.25) is 28.8 Å². The van der Waals surface area contributed by atoms with Crippen LogP contribution in [0.15, 0.2) is 0 Å². The van der Waals surface area contributed by atoms with Gasteiger partial charge in [-0.05, 0) is 44.7 Å². The van der Waals surface area contributed by atoms with Crippen molar-refractivity contribution < 1.29 is 97.5 Å². The first-order chi connectivity index (χ1) is 22.5. The molecule has 0 bridgehead atoms. The van der Waals surface area contributed by atoms with Gasteiger partial charge >= 0.3 is 5.97 Å². The van der Waals surface area contributed by atoms with E-state index >= 15 is 0 Å². The Bertz CT molecular complexity index is 1220. The fourth-order valence-electron chi connectivity index (χ4n) is 6.17. The van der Waals surface area contributed by atoms with Crippen molar-refractivity contribution in [3.8, 4) is 0 Å². The molecule has 0 aromatic heterocycles. The number of aliphatic carboxylic acids is 1. The van der Waals surface area contributed by atoms with Crippen LogP contribution in [0.4, 0.5) is 0 Å². The third kappa shape index (κ3) is 10.3. The maximum Gasteiger partial charge on any atom is 0.325 e. The number of likely N-dealkylation sites (tertiary alicyclic amines) is 1. The second-order valence-electron chi connectivity index (χ2n) is 12.1. The average molecular weight is 833 g/mol. The molecule has 5 aliphatic rings. The van der Waals surface area contributed by atoms with E-state index in [1.165, 1.54) is 6.92 Å². The molecule has 0 aromatic carbocycles. The van der Waals surface area contributed by atoms with E-state index in [0.29, 0.717) is 57.0 Å². The number of ether oxygens (including phenoxy) is 3. The predicted octanol–water partition coefficient (Wildman–Crippen LogP) is -2.36. The monoisotopic (exact) mass is 833 g/mol. The first-order valence-electron chi connectivity index (χ1n) is 15.7. The minimum atomic E-state index is -1.12. The topological polar surface area (TPSA) is 191 Å². The molecule has 48 heavy (non-hydrogen) atoms. The number of carboxylic acids is 1. The number of hydrogen-bond donors (Lipinski definition) is 3. The van der Waals surface area contributed by atoms with Gasteiger partial charge in [0, 0.05) is 75.1 Å². The molecule has 0 saturated carbocycles. The van der Waals surface area contributed by atoms with Crippen LogP contribution in [0.3, 0.4) is 0 Å². The van der Waals surface area contributed by atoms with Gasteiger partial charge in [0.15, 0.2) is 0 Å². The summed E-state index contributed by atoms with van der Waals surface area (Å²) in [7, 11) is 0. The Hall–Kier alpha value is -1.45. The van der Waals surface area contributed by atoms with Crippen LogP contribution in [-0.4, -0.2) is 167 Å². The molecule has 5 heterocycles. The molecule has 5 saturated heterocycles. The Labute approximate surface area is 324 Å². The molecule has 3 N–H and O–H groups in total. The van der Waals surface area contributed by atoms with E-state index in [-0.39, 0.29) is 107 Å². The SMILES string of the molecule is CSCC[C@H](NC[C@@H]1CCCN1C(=O)CN1CCN2CC(=O)O[C-]2CN2CC(=O)O[C-]2CN2CC(=O)O[C-]2C1)C(=O)N[C@@H](C)C(=O)O.[Eu]. The molecule has 19 heteroatoms. The summed E-state index contributed by atoms with van der Waals surface area (Å²) < 4.78 is 16.5. The van der Waals surface area contributed by atoms with Crippen LogP contribution in [0, 0.1) is 68.1 Å². The summed E-state index contributed by atoms with van der Waals surface area (Å²) in [5, 5.41) is 15.0. The Kier molecular flexibility index (Phi) is 14.9. The van der Waals surface area contributed by atoms with Crippen LogP contribution in [0.5, 0.6) is 0 Å². The van der Waals surface area contributed by atoms with Crippen LogP contribution in [0.2, 0.25) is 0 Å². The number of nitrogens with zero attached hydrogens (tertiary/aromatic N) is 5. The second-order valence-corrected chi connectivity index (χ2v) is 13.1. The van der Waals surface area contributed by atoms with Gasteiger partial charge in [-0.1, -0.05) is 25.2 Å². The molecular formula is C29H42EuN7O10S-3. The fourth-order valence-corrected chi connectivity index (χ4v) is 6.64. The molecule has 0 unspecified atom stereocenters. The van der Waals surface area contributed by atoms with Crippen molar-refractivity contribution in [1.29, 1.82) is 0 Å². The Morgan fingerprint density at radius 3 is 2.10 bits per heavy atom. The van der Waals surface area contributed by atoms with Crippen LogP contribution >= 0.6 is 11.8 Å². The van der Waals surface area contributed by atoms with Gasteiger partial charge in [-0.25, -0.2) is 0 Å². The number of carbonyl (C=O) groups is 6. The molecule has 5 aliphatic heterocycles. The van der Waals surface area contributed by atoms with E-state index in [9.17, 15) is 33.9 Å². The number of fused-ring (bicyclic) bond motifs is 3. The summed E-state index contributed by atoms with van der Waals surface area (Å²) in [4.78, 5) is 83.5. The van der Waals surface area contributed by atoms with E-state index in [4.69, 9.17) is 14.2 Å². The molecule has 1 radical (unpaired) electrons. The third-order valence-corrected chi connectivity index (χ3v) is 9.37. The number of nitrogens with one attached hydrogen (secondary N) is 2. The minimum Gasteiger partial charge on any atom is -0.617 e. The molecule has 3 atom stereocenters. The number of hydrogen-bond acceptors (Lipinski definition) is 15. The van der Waals surface area contributed by atoms with Crippen molar-refractivity contribution in [3.05, 3.63) is 18.7 Å². The van der Waals surface area contributed by atoms with E-state index in [1.807, 2.05) is 11.2 Å². The fraction of sp³-hybridized carbons (Fsp3) is 0.690. The van der Waals surface area contributed by atoms with Gasteiger partial charge in [0.1, 0.15) is 6.04 Å². The number of rotatable bonds is 11. The average Bonchev–Trinajstić information content (AvgIpc) is 3.78. The molecule has 0 aliphatic carbocycles. The van der Waals surface area contributed by atoms with Gasteiger partial charge in [0.05, 0.1) is 32.2 Å². The van der Waals surface area contributed by atoms with Gasteiger partial charge in [-0.15, -0.1) is 13.1 Å². The first kappa shape index (κ1) is 39.3. The number of carbonyl (C=O) groups excluding carboxylic acids is 5. The number of esters is 3. The molecule has 0 spiro atoms. The number of carboxylic acid groups (broad SMARTS) is 1. The second kappa shape index (κ2) is 18.2. The Balaban J connectivity index is 0.00000520. The number of thioether (sulfide) groups is 1. The Morgan fingerprint density at radius 2 is 1.50 bits per heavy atom. The summed E-state index contributed by atoms with van der Waals surface area (Å²) in [5.41, 5.74) is 0. The van der Waals surface area contributed by atoms with Crippen LogP contribution < -0.4 is 10.6 Å². The van der Waals surface area contributed by atoms with Crippen molar-refractivity contribution in [2.24, 2.45) is 0 Å². The Morgan fingerprint density at radius 1 is 0.917 bits per heavy atom. The van der Waals surface area contributed by atoms with Gasteiger partial charge in [0.25, 0.3) is 17.9 Å². The minimum absolute atomic E-state index is 0. The van der Waals surface area contributed by atoms with Crippen molar-refractivity contribution in [1.82, 2.24) is 35.1 Å². The smallest absolute Gasteiger partial charge is 0.325 e. The first-order valence-corrected chi connectivity index (χ1v) is 17.1. The zero-order valence-corrected chi connectivity index (χ0v) is 30.2. The standard InChI is InChI=1S/C29H42N7O10S.Eu/c1-18(29(42)43)31-28(41)20(5-9-47-2)30-10-19-4-3-6-36(19)21(37)11-32-7-8-33-15-25(38)45-23(33)13-35-17-27(40)46-24(35)14-34-16-26(39)44-22(34)12-32;/h18-20,30H,3-17H2,1-2H3,(H,31,41)(H,42,43);/q-3;/t18-,19-,20-;/m0./s1. The summed E-state index contributed by atoms with van der Waals surface area (Å²) in [6.45, 7) is 3.35. The molecular weight excluding hydrogens is 790 g/mol. The van der Waals surface area contributed by atoms with E-state index in [0.717, 1.165) is 12.8 Å². The van der Waals surface area contributed by atoms with Crippen LogP contribution in [0.25, 0.3) is 0 Å². The summed E-state index contributed by atoms with van der Waals surface area (Å²) >= 11 is 1.58. The molecule has 269 valence electrons. The molecule has 2 amide bonds. The van der Waals surface area contributed by atoms with E-state index in [1.54, 1.807) is 31.4 Å². The quantitative estimate of drug-likeness (QED) is 0.114. The normalized spacial score (nSPS) is 25.1. The van der Waals surface area contributed by atoms with Gasteiger partial charge in [0.2, 0.25) is 11.8 Å². The zero-order chi connectivity index (χ0) is 33.7. The van der Waals surface area contributed by atoms with Crippen LogP contribution in [0.1, 0.15) is 26.2 Å². The van der Waals surface area contributed by atoms with Crippen molar-refractivity contribution in [3.63, 3.8) is 0 Å². The van der Waals surface area contributed by atoms with Crippen molar-refractivity contribution >= 4 is 47.5 Å². The summed E-state index contributed by atoms with van der Waals surface area (Å²) in [6, 6.07) is -1.81. The molecule has 0 aromatic rings. The van der Waals surface area contributed by atoms with Crippen molar-refractivity contribution in [2.75, 3.05) is 84.0 Å². The third-order valence-electron chi connectivity index (χ3n) is 8.72. The summed E-state index contributed by atoms with van der Waals surface area (Å²) in [5.74, 6) is -2.27. The predicted molar refractivity (Wildman–Crippen MR) is 164 cm³/mol. The zero-order valence-electron chi connectivity index (χ0n) is 27.0. The maximum absolute atomic E-state index is 13.8. The van der Waals surface area contributed by atoms with Gasteiger partial charge < -0.3 is 54.5 Å².